The van der Waals surface area contributed by atoms with Crippen LogP contribution in [0, 0.1) is 0 Å². The number of amides is 3. The Morgan fingerprint density at radius 1 is 0.967 bits per heavy atom. The van der Waals surface area contributed by atoms with Crippen LogP contribution in [0.4, 0.5) is 21.3 Å². The molecule has 0 aliphatic carbocycles. The van der Waals surface area contributed by atoms with Crippen molar-refractivity contribution >= 4 is 45.8 Å². The van der Waals surface area contributed by atoms with Gasteiger partial charge in [-0.05, 0) is 30.7 Å². The quantitative estimate of drug-likeness (QED) is 0.494. The Labute approximate surface area is 177 Å². The van der Waals surface area contributed by atoms with Gasteiger partial charge in [0, 0.05) is 17.5 Å². The average molecular weight is 424 g/mol. The van der Waals surface area contributed by atoms with E-state index in [1.807, 2.05) is 18.2 Å². The van der Waals surface area contributed by atoms with Crippen LogP contribution in [0.15, 0.2) is 60.0 Å². The van der Waals surface area contributed by atoms with E-state index < -0.39 is 5.97 Å². The van der Waals surface area contributed by atoms with Crippen LogP contribution in [-0.4, -0.2) is 30.0 Å². The zero-order chi connectivity index (χ0) is 21.3. The minimum Gasteiger partial charge on any atom is -0.465 e. The van der Waals surface area contributed by atoms with Crippen molar-refractivity contribution in [2.75, 3.05) is 23.1 Å². The van der Waals surface area contributed by atoms with Gasteiger partial charge in [0.2, 0.25) is 5.91 Å². The fourth-order valence-electron chi connectivity index (χ4n) is 2.59. The van der Waals surface area contributed by atoms with Gasteiger partial charge in [0.1, 0.15) is 0 Å². The van der Waals surface area contributed by atoms with Crippen LogP contribution in [0.3, 0.4) is 0 Å². The molecule has 3 aromatic rings. The number of aryl methyl sites for hydroxylation is 1. The molecule has 154 valence electrons. The molecule has 2 aromatic carbocycles. The molecule has 0 radical (unpaired) electrons. The second kappa shape index (κ2) is 10.2. The summed E-state index contributed by atoms with van der Waals surface area (Å²) >= 11 is 1.28. The van der Waals surface area contributed by atoms with Crippen molar-refractivity contribution in [2.45, 2.75) is 12.8 Å². The second-order valence-corrected chi connectivity index (χ2v) is 7.03. The van der Waals surface area contributed by atoms with Gasteiger partial charge in [0.15, 0.2) is 5.13 Å². The number of carbonyl (C=O) groups excluding carboxylic acids is 3. The van der Waals surface area contributed by atoms with Crippen molar-refractivity contribution in [1.82, 2.24) is 4.98 Å². The normalized spacial score (nSPS) is 10.2. The number of ether oxygens (including phenoxy) is 1. The summed E-state index contributed by atoms with van der Waals surface area (Å²) in [6, 6.07) is 15.3. The van der Waals surface area contributed by atoms with E-state index in [0.717, 1.165) is 0 Å². The van der Waals surface area contributed by atoms with Crippen LogP contribution >= 0.6 is 11.3 Å². The monoisotopic (exact) mass is 424 g/mol. The lowest BCUT2D eigenvalue weighted by molar-refractivity contribution is -0.116. The molecule has 0 saturated carbocycles. The van der Waals surface area contributed by atoms with E-state index in [4.69, 9.17) is 4.74 Å². The molecule has 1 aromatic heterocycles. The van der Waals surface area contributed by atoms with Gasteiger partial charge in [-0.3, -0.25) is 10.1 Å². The Balaban J connectivity index is 1.50. The first kappa shape index (κ1) is 21.0. The van der Waals surface area contributed by atoms with Crippen molar-refractivity contribution in [3.8, 4) is 0 Å². The molecule has 0 unspecified atom stereocenters. The molecule has 0 fully saturated rings. The smallest absolute Gasteiger partial charge is 0.339 e. The van der Waals surface area contributed by atoms with Gasteiger partial charge in [0.25, 0.3) is 0 Å². The molecule has 0 saturated heterocycles. The molecule has 30 heavy (non-hydrogen) atoms. The first-order valence-corrected chi connectivity index (χ1v) is 9.98. The molecule has 3 N–H and O–H groups in total. The van der Waals surface area contributed by atoms with Crippen LogP contribution in [0.1, 0.15) is 22.5 Å². The van der Waals surface area contributed by atoms with Crippen molar-refractivity contribution in [3.63, 3.8) is 0 Å². The number of hydrogen-bond donors (Lipinski definition) is 3. The van der Waals surface area contributed by atoms with E-state index in [1.54, 1.807) is 41.8 Å². The lowest BCUT2D eigenvalue weighted by Crippen LogP contribution is -2.19. The molecule has 1 heterocycles. The van der Waals surface area contributed by atoms with E-state index >= 15 is 0 Å². The summed E-state index contributed by atoms with van der Waals surface area (Å²) < 4.78 is 4.72. The summed E-state index contributed by atoms with van der Waals surface area (Å²) in [4.78, 5) is 40.4. The van der Waals surface area contributed by atoms with Crippen molar-refractivity contribution in [1.29, 1.82) is 0 Å². The van der Waals surface area contributed by atoms with Gasteiger partial charge >= 0.3 is 12.0 Å². The Morgan fingerprint density at radius 3 is 2.47 bits per heavy atom. The third-order valence-corrected chi connectivity index (χ3v) is 4.83. The molecule has 0 aliphatic heterocycles. The third kappa shape index (κ3) is 5.89. The molecule has 0 spiro atoms. The van der Waals surface area contributed by atoms with Crippen LogP contribution < -0.4 is 16.0 Å². The molecule has 8 nitrogen and oxygen atoms in total. The number of rotatable bonds is 7. The van der Waals surface area contributed by atoms with Crippen LogP contribution in [0.2, 0.25) is 0 Å². The molecule has 9 heteroatoms. The predicted molar refractivity (Wildman–Crippen MR) is 116 cm³/mol. The van der Waals surface area contributed by atoms with E-state index in [-0.39, 0.29) is 23.9 Å². The maximum absolute atomic E-state index is 12.3. The molecule has 3 amide bonds. The SMILES string of the molecule is COC(=O)c1ccccc1NC(=O)CCc1csc(NC(=O)Nc2ccccc2)n1. The number of para-hydroxylation sites is 2. The van der Waals surface area contributed by atoms with E-state index in [0.29, 0.717) is 28.6 Å². The number of aromatic nitrogens is 1. The lowest BCUT2D eigenvalue weighted by Gasteiger charge is -2.09. The summed E-state index contributed by atoms with van der Waals surface area (Å²) in [7, 11) is 1.29. The van der Waals surface area contributed by atoms with Crippen LogP contribution in [-0.2, 0) is 16.0 Å². The molecule has 3 rings (SSSR count). The molecule has 0 bridgehead atoms. The number of methoxy groups -OCH3 is 1. The molecular formula is C21H20N4O4S. The first-order valence-electron chi connectivity index (χ1n) is 9.10. The first-order chi connectivity index (χ1) is 14.5. The van der Waals surface area contributed by atoms with Gasteiger partial charge in [-0.25, -0.2) is 14.6 Å². The molecule has 0 aliphatic rings. The molecular weight excluding hydrogens is 404 g/mol. The number of esters is 1. The maximum atomic E-state index is 12.3. The topological polar surface area (TPSA) is 109 Å². The molecule has 0 atom stereocenters. The Kier molecular flexibility index (Phi) is 7.12. The highest BCUT2D eigenvalue weighted by Crippen LogP contribution is 2.19. The summed E-state index contributed by atoms with van der Waals surface area (Å²) in [5.74, 6) is -0.773. The zero-order valence-corrected chi connectivity index (χ0v) is 17.0. The fraction of sp³-hybridized carbons (Fsp3) is 0.143. The highest BCUT2D eigenvalue weighted by Gasteiger charge is 2.14. The standard InChI is InChI=1S/C21H20N4O4S/c1-29-19(27)16-9-5-6-10-17(16)24-18(26)12-11-15-13-30-21(23-15)25-20(28)22-14-7-3-2-4-8-14/h2-10,13H,11-12H2,1H3,(H,24,26)(H2,22,23,25,28). The number of carbonyl (C=O) groups is 3. The average Bonchev–Trinajstić information content (AvgIpc) is 3.20. The number of nitrogens with zero attached hydrogens (tertiary/aromatic N) is 1. The van der Waals surface area contributed by atoms with Crippen molar-refractivity contribution < 1.29 is 19.1 Å². The highest BCUT2D eigenvalue weighted by molar-refractivity contribution is 7.13. The largest absolute Gasteiger partial charge is 0.465 e. The van der Waals surface area contributed by atoms with Gasteiger partial charge < -0.3 is 15.4 Å². The minimum atomic E-state index is -0.519. The van der Waals surface area contributed by atoms with Crippen LogP contribution in [0.25, 0.3) is 0 Å². The Morgan fingerprint density at radius 2 is 1.70 bits per heavy atom. The van der Waals surface area contributed by atoms with Gasteiger partial charge in [0.05, 0.1) is 24.1 Å². The summed E-state index contributed by atoms with van der Waals surface area (Å²) in [5, 5.41) is 10.3. The summed E-state index contributed by atoms with van der Waals surface area (Å²) in [6.07, 6.45) is 0.569. The van der Waals surface area contributed by atoms with Gasteiger partial charge in [-0.1, -0.05) is 30.3 Å². The predicted octanol–water partition coefficient (Wildman–Crippen LogP) is 4.15. The number of benzene rings is 2. The van der Waals surface area contributed by atoms with Gasteiger partial charge in [-0.15, -0.1) is 11.3 Å². The minimum absolute atomic E-state index is 0.175. The fourth-order valence-corrected chi connectivity index (χ4v) is 3.33. The second-order valence-electron chi connectivity index (χ2n) is 6.17. The van der Waals surface area contributed by atoms with Gasteiger partial charge in [-0.2, -0.15) is 0 Å². The third-order valence-electron chi connectivity index (χ3n) is 4.02. The van der Waals surface area contributed by atoms with Crippen molar-refractivity contribution in [2.24, 2.45) is 0 Å². The Bertz CT molecular complexity index is 1040. The number of thiazole rings is 1. The number of hydrogen-bond acceptors (Lipinski definition) is 6. The van der Waals surface area contributed by atoms with E-state index in [1.165, 1.54) is 18.4 Å². The highest BCUT2D eigenvalue weighted by atomic mass is 32.1. The maximum Gasteiger partial charge on any atom is 0.339 e. The van der Waals surface area contributed by atoms with E-state index in [9.17, 15) is 14.4 Å². The van der Waals surface area contributed by atoms with Crippen molar-refractivity contribution in [3.05, 3.63) is 71.2 Å². The summed E-state index contributed by atoms with van der Waals surface area (Å²) in [6.45, 7) is 0. The zero-order valence-electron chi connectivity index (χ0n) is 16.2. The number of urea groups is 1. The summed E-state index contributed by atoms with van der Waals surface area (Å²) in [5.41, 5.74) is 2.05. The lowest BCUT2D eigenvalue weighted by atomic mass is 10.1. The van der Waals surface area contributed by atoms with Crippen LogP contribution in [0.5, 0.6) is 0 Å². The Hall–Kier alpha value is -3.72. The number of nitrogens with one attached hydrogen (secondary N) is 3. The van der Waals surface area contributed by atoms with E-state index in [2.05, 4.69) is 20.9 Å². The number of anilines is 3.